The molecule has 2 N–H and O–H groups in total. The minimum absolute atomic E-state index is 0.0753. The molecule has 0 aliphatic rings. The van der Waals surface area contributed by atoms with Gasteiger partial charge in [-0.3, -0.25) is 4.79 Å². The standard InChI is InChI=1S/C12H22F2N2O3/c1-11(2,3)19-10(18)15-7-5-6-9(17)16-8-12(4,13)14/h5-8H2,1-4H3,(H,15,18)(H,16,17). The molecule has 0 aromatic carbocycles. The van der Waals surface area contributed by atoms with Crippen LogP contribution in [0.3, 0.4) is 0 Å². The van der Waals surface area contributed by atoms with Crippen molar-refractivity contribution in [1.29, 1.82) is 0 Å². The summed E-state index contributed by atoms with van der Waals surface area (Å²) in [6.45, 7) is 5.54. The van der Waals surface area contributed by atoms with Gasteiger partial charge in [-0.05, 0) is 27.2 Å². The van der Waals surface area contributed by atoms with Gasteiger partial charge in [0.2, 0.25) is 5.91 Å². The molecule has 0 aromatic rings. The highest BCUT2D eigenvalue weighted by Gasteiger charge is 2.21. The molecule has 0 atom stereocenters. The molecule has 0 rings (SSSR count). The van der Waals surface area contributed by atoms with Gasteiger partial charge in [0.1, 0.15) is 5.60 Å². The summed E-state index contributed by atoms with van der Waals surface area (Å²) in [7, 11) is 0. The first kappa shape index (κ1) is 17.6. The predicted molar refractivity (Wildman–Crippen MR) is 67.1 cm³/mol. The zero-order valence-electron chi connectivity index (χ0n) is 11.8. The molecule has 0 aliphatic carbocycles. The number of halogens is 2. The number of hydrogen-bond donors (Lipinski definition) is 2. The quantitative estimate of drug-likeness (QED) is 0.732. The van der Waals surface area contributed by atoms with Crippen LogP contribution in [0.1, 0.15) is 40.5 Å². The first-order chi connectivity index (χ1) is 8.49. The van der Waals surface area contributed by atoms with E-state index in [1.807, 2.05) is 0 Å². The van der Waals surface area contributed by atoms with Gasteiger partial charge in [-0.2, -0.15) is 0 Å². The van der Waals surface area contributed by atoms with Crippen molar-refractivity contribution in [3.8, 4) is 0 Å². The normalized spacial score (nSPS) is 11.9. The summed E-state index contributed by atoms with van der Waals surface area (Å²) in [5, 5.41) is 4.59. The molecule has 0 aliphatic heterocycles. The molecule has 0 fully saturated rings. The van der Waals surface area contributed by atoms with Crippen LogP contribution in [0.2, 0.25) is 0 Å². The summed E-state index contributed by atoms with van der Waals surface area (Å²) in [5.41, 5.74) is -0.575. The number of rotatable bonds is 6. The van der Waals surface area contributed by atoms with Gasteiger partial charge in [0.05, 0.1) is 6.54 Å². The van der Waals surface area contributed by atoms with E-state index in [-0.39, 0.29) is 13.0 Å². The van der Waals surface area contributed by atoms with Gasteiger partial charge in [-0.1, -0.05) is 0 Å². The fourth-order valence-corrected chi connectivity index (χ4v) is 1.10. The molecule has 0 saturated heterocycles. The van der Waals surface area contributed by atoms with Crippen LogP contribution in [0.5, 0.6) is 0 Å². The molecule has 0 heterocycles. The van der Waals surface area contributed by atoms with Crippen LogP contribution in [-0.4, -0.2) is 36.6 Å². The Morgan fingerprint density at radius 1 is 1.11 bits per heavy atom. The lowest BCUT2D eigenvalue weighted by Gasteiger charge is -2.19. The lowest BCUT2D eigenvalue weighted by molar-refractivity contribution is -0.122. The van der Waals surface area contributed by atoms with Crippen LogP contribution in [-0.2, 0) is 9.53 Å². The second-order valence-electron chi connectivity index (χ2n) is 5.38. The summed E-state index contributed by atoms with van der Waals surface area (Å²) in [6.07, 6.45) is -0.125. The first-order valence-electron chi connectivity index (χ1n) is 6.11. The molecule has 7 heteroatoms. The van der Waals surface area contributed by atoms with E-state index < -0.39 is 30.1 Å². The Balaban J connectivity index is 3.64. The molecule has 0 bridgehead atoms. The SMILES string of the molecule is CC(F)(F)CNC(=O)CCCNC(=O)OC(C)(C)C. The van der Waals surface area contributed by atoms with Crippen molar-refractivity contribution in [2.45, 2.75) is 52.1 Å². The Kier molecular flexibility index (Phi) is 6.72. The molecule has 0 unspecified atom stereocenters. The van der Waals surface area contributed by atoms with Gasteiger partial charge in [0, 0.05) is 19.9 Å². The zero-order valence-corrected chi connectivity index (χ0v) is 11.8. The number of carbonyl (C=O) groups excluding carboxylic acids is 2. The van der Waals surface area contributed by atoms with Crippen molar-refractivity contribution < 1.29 is 23.1 Å². The van der Waals surface area contributed by atoms with Crippen LogP contribution in [0.15, 0.2) is 0 Å². The largest absolute Gasteiger partial charge is 0.444 e. The van der Waals surface area contributed by atoms with Gasteiger partial charge in [0.15, 0.2) is 0 Å². The van der Waals surface area contributed by atoms with E-state index >= 15 is 0 Å². The van der Waals surface area contributed by atoms with Crippen molar-refractivity contribution in [2.24, 2.45) is 0 Å². The third-order valence-electron chi connectivity index (χ3n) is 1.84. The molecular formula is C12H22F2N2O3. The number of alkyl halides is 2. The monoisotopic (exact) mass is 280 g/mol. The van der Waals surface area contributed by atoms with Gasteiger partial charge >= 0.3 is 6.09 Å². The number of hydrogen-bond acceptors (Lipinski definition) is 3. The van der Waals surface area contributed by atoms with E-state index in [0.717, 1.165) is 6.92 Å². The molecule has 2 amide bonds. The van der Waals surface area contributed by atoms with Crippen LogP contribution < -0.4 is 10.6 Å². The second kappa shape index (κ2) is 7.25. The second-order valence-corrected chi connectivity index (χ2v) is 5.38. The van der Waals surface area contributed by atoms with Crippen molar-refractivity contribution in [3.63, 3.8) is 0 Å². The van der Waals surface area contributed by atoms with Crippen molar-refractivity contribution in [3.05, 3.63) is 0 Å². The fourth-order valence-electron chi connectivity index (χ4n) is 1.10. The number of alkyl carbamates (subject to hydrolysis) is 1. The number of carbonyl (C=O) groups is 2. The van der Waals surface area contributed by atoms with E-state index in [2.05, 4.69) is 10.6 Å². The van der Waals surface area contributed by atoms with Gasteiger partial charge in [-0.25, -0.2) is 13.6 Å². The molecule has 0 spiro atoms. The maximum absolute atomic E-state index is 12.4. The van der Waals surface area contributed by atoms with Crippen LogP contribution in [0, 0.1) is 0 Å². The Morgan fingerprint density at radius 2 is 1.68 bits per heavy atom. The molecule has 5 nitrogen and oxygen atoms in total. The fraction of sp³-hybridized carbons (Fsp3) is 0.833. The molecule has 112 valence electrons. The van der Waals surface area contributed by atoms with Gasteiger partial charge in [0.25, 0.3) is 5.92 Å². The van der Waals surface area contributed by atoms with Gasteiger partial charge in [-0.15, -0.1) is 0 Å². The molecule has 0 aromatic heterocycles. The highest BCUT2D eigenvalue weighted by atomic mass is 19.3. The summed E-state index contributed by atoms with van der Waals surface area (Å²) in [6, 6.07) is 0. The molecule has 0 saturated carbocycles. The lowest BCUT2D eigenvalue weighted by Crippen LogP contribution is -2.35. The number of amides is 2. The van der Waals surface area contributed by atoms with Crippen LogP contribution in [0.4, 0.5) is 13.6 Å². The van der Waals surface area contributed by atoms with Gasteiger partial charge < -0.3 is 15.4 Å². The maximum atomic E-state index is 12.4. The zero-order chi connectivity index (χ0) is 15.1. The summed E-state index contributed by atoms with van der Waals surface area (Å²) < 4.78 is 29.9. The maximum Gasteiger partial charge on any atom is 0.407 e. The highest BCUT2D eigenvalue weighted by molar-refractivity contribution is 5.76. The Bertz CT molecular complexity index is 309. The van der Waals surface area contributed by atoms with E-state index in [1.54, 1.807) is 20.8 Å². The first-order valence-corrected chi connectivity index (χ1v) is 6.11. The van der Waals surface area contributed by atoms with E-state index in [9.17, 15) is 18.4 Å². The average molecular weight is 280 g/mol. The van der Waals surface area contributed by atoms with Crippen LogP contribution in [0.25, 0.3) is 0 Å². The van der Waals surface area contributed by atoms with E-state index in [0.29, 0.717) is 6.42 Å². The van der Waals surface area contributed by atoms with Crippen molar-refractivity contribution in [2.75, 3.05) is 13.1 Å². The Hall–Kier alpha value is -1.40. The van der Waals surface area contributed by atoms with Crippen molar-refractivity contribution >= 4 is 12.0 Å². The lowest BCUT2D eigenvalue weighted by atomic mass is 10.2. The molecule has 0 radical (unpaired) electrons. The Morgan fingerprint density at radius 3 is 2.16 bits per heavy atom. The molecular weight excluding hydrogens is 258 g/mol. The highest BCUT2D eigenvalue weighted by Crippen LogP contribution is 2.09. The smallest absolute Gasteiger partial charge is 0.407 e. The van der Waals surface area contributed by atoms with E-state index in [4.69, 9.17) is 4.74 Å². The average Bonchev–Trinajstić information content (AvgIpc) is 2.18. The predicted octanol–water partition coefficient (Wildman–Crippen LogP) is 2.06. The molecule has 19 heavy (non-hydrogen) atoms. The van der Waals surface area contributed by atoms with E-state index in [1.165, 1.54) is 0 Å². The summed E-state index contributed by atoms with van der Waals surface area (Å²) >= 11 is 0. The summed E-state index contributed by atoms with van der Waals surface area (Å²) in [4.78, 5) is 22.4. The van der Waals surface area contributed by atoms with Crippen molar-refractivity contribution in [1.82, 2.24) is 10.6 Å². The third-order valence-corrected chi connectivity index (χ3v) is 1.84. The van der Waals surface area contributed by atoms with Crippen LogP contribution >= 0.6 is 0 Å². The minimum Gasteiger partial charge on any atom is -0.444 e. The number of nitrogens with one attached hydrogen (secondary N) is 2. The topological polar surface area (TPSA) is 67.4 Å². The third kappa shape index (κ3) is 12.8. The Labute approximate surface area is 112 Å². The summed E-state index contributed by atoms with van der Waals surface area (Å²) in [5.74, 6) is -3.38. The number of ether oxygens (including phenoxy) is 1. The minimum atomic E-state index is -2.91.